The molecule has 5 heteroatoms. The number of benzene rings is 1. The van der Waals surface area contributed by atoms with Crippen molar-refractivity contribution < 1.29 is 4.79 Å². The molecule has 118 valence electrons. The molecule has 3 atom stereocenters. The van der Waals surface area contributed by atoms with Crippen molar-refractivity contribution in [3.05, 3.63) is 52.0 Å². The Hall–Kier alpha value is -2.14. The van der Waals surface area contributed by atoms with Crippen LogP contribution in [-0.2, 0) is 4.79 Å². The van der Waals surface area contributed by atoms with Gasteiger partial charge < -0.3 is 10.3 Å². The van der Waals surface area contributed by atoms with E-state index in [9.17, 15) is 4.79 Å². The number of aromatic amines is 1. The van der Waals surface area contributed by atoms with Gasteiger partial charge in [-0.25, -0.2) is 4.98 Å². The predicted octanol–water partition coefficient (Wildman–Crippen LogP) is 3.91. The van der Waals surface area contributed by atoms with Crippen molar-refractivity contribution in [1.82, 2.24) is 15.3 Å². The molecule has 1 aromatic carbocycles. The monoisotopic (exact) mass is 325 g/mol. The second-order valence-electron chi connectivity index (χ2n) is 6.29. The molecule has 2 unspecified atom stereocenters. The normalized spacial score (nSPS) is 21.3. The molecule has 0 saturated heterocycles. The fraction of sp³-hybridized carbons (Fsp3) is 0.333. The van der Waals surface area contributed by atoms with Crippen molar-refractivity contribution in [3.63, 3.8) is 0 Å². The Morgan fingerprint density at radius 2 is 2.22 bits per heavy atom. The van der Waals surface area contributed by atoms with Crippen molar-refractivity contribution in [3.8, 4) is 0 Å². The number of hydrogen-bond donors (Lipinski definition) is 2. The highest BCUT2D eigenvalue weighted by molar-refractivity contribution is 7.10. The number of imidazole rings is 1. The molecular formula is C18H19N3OS. The molecule has 4 nitrogen and oxygen atoms in total. The number of hydrogen-bond acceptors (Lipinski definition) is 3. The van der Waals surface area contributed by atoms with Gasteiger partial charge in [-0.1, -0.05) is 12.1 Å². The number of nitrogens with zero attached hydrogens (tertiary/aromatic N) is 1. The van der Waals surface area contributed by atoms with E-state index in [2.05, 4.69) is 33.7 Å². The van der Waals surface area contributed by atoms with Gasteiger partial charge >= 0.3 is 0 Å². The maximum Gasteiger partial charge on any atom is 0.224 e. The zero-order valence-electron chi connectivity index (χ0n) is 13.2. The number of aromatic nitrogens is 2. The van der Waals surface area contributed by atoms with Gasteiger partial charge in [-0.2, -0.15) is 0 Å². The van der Waals surface area contributed by atoms with Crippen LogP contribution in [0.2, 0.25) is 0 Å². The number of para-hydroxylation sites is 2. The molecule has 1 saturated carbocycles. The van der Waals surface area contributed by atoms with Crippen LogP contribution in [0.3, 0.4) is 0 Å². The van der Waals surface area contributed by atoms with Crippen molar-refractivity contribution in [2.75, 3.05) is 0 Å². The van der Waals surface area contributed by atoms with E-state index in [0.717, 1.165) is 23.3 Å². The maximum absolute atomic E-state index is 12.5. The van der Waals surface area contributed by atoms with E-state index in [4.69, 9.17) is 0 Å². The first-order chi connectivity index (χ1) is 11.1. The average molecular weight is 325 g/mol. The Bertz CT molecular complexity index is 833. The zero-order chi connectivity index (χ0) is 16.0. The van der Waals surface area contributed by atoms with E-state index in [1.165, 1.54) is 10.4 Å². The topological polar surface area (TPSA) is 57.8 Å². The largest absolute Gasteiger partial charge is 0.346 e. The van der Waals surface area contributed by atoms with E-state index in [-0.39, 0.29) is 17.9 Å². The summed E-state index contributed by atoms with van der Waals surface area (Å²) in [7, 11) is 0. The number of thiophene rings is 1. The van der Waals surface area contributed by atoms with Gasteiger partial charge in [-0.05, 0) is 49.4 Å². The molecule has 0 spiro atoms. The van der Waals surface area contributed by atoms with E-state index >= 15 is 0 Å². The summed E-state index contributed by atoms with van der Waals surface area (Å²) in [5.74, 6) is 1.46. The van der Waals surface area contributed by atoms with Gasteiger partial charge in [0.15, 0.2) is 0 Å². The summed E-state index contributed by atoms with van der Waals surface area (Å²) in [5.41, 5.74) is 3.24. The summed E-state index contributed by atoms with van der Waals surface area (Å²) in [6.45, 7) is 4.10. The van der Waals surface area contributed by atoms with Crippen molar-refractivity contribution in [1.29, 1.82) is 0 Å². The molecule has 1 aliphatic rings. The van der Waals surface area contributed by atoms with Gasteiger partial charge in [0, 0.05) is 16.7 Å². The second kappa shape index (κ2) is 5.49. The highest BCUT2D eigenvalue weighted by Gasteiger charge is 2.45. The highest BCUT2D eigenvalue weighted by atomic mass is 32.1. The van der Waals surface area contributed by atoms with E-state index in [1.807, 2.05) is 31.2 Å². The van der Waals surface area contributed by atoms with Gasteiger partial charge in [-0.15, -0.1) is 11.3 Å². The lowest BCUT2D eigenvalue weighted by atomic mass is 10.2. The van der Waals surface area contributed by atoms with Crippen LogP contribution < -0.4 is 5.32 Å². The Labute approximate surface area is 138 Å². The molecule has 1 amide bonds. The van der Waals surface area contributed by atoms with Crippen LogP contribution >= 0.6 is 11.3 Å². The fourth-order valence-corrected chi connectivity index (χ4v) is 4.21. The lowest BCUT2D eigenvalue weighted by molar-refractivity contribution is -0.123. The smallest absolute Gasteiger partial charge is 0.224 e. The molecule has 0 radical (unpaired) electrons. The summed E-state index contributed by atoms with van der Waals surface area (Å²) >= 11 is 1.76. The summed E-state index contributed by atoms with van der Waals surface area (Å²) in [4.78, 5) is 21.7. The standard InChI is InChI=1S/C18H19N3OS/c1-10-7-8-23-16(10)12-9-13(12)18(22)19-11(2)17-20-14-5-3-4-6-15(14)21-17/h3-8,11-13H,9H2,1-2H3,(H,19,22)(H,20,21)/t11-,12?,13?/m0/s1. The summed E-state index contributed by atoms with van der Waals surface area (Å²) < 4.78 is 0. The number of H-pyrrole nitrogens is 1. The molecule has 0 bridgehead atoms. The fourth-order valence-electron chi connectivity index (χ4n) is 3.11. The third-order valence-corrected chi connectivity index (χ3v) is 5.69. The molecule has 23 heavy (non-hydrogen) atoms. The Morgan fingerprint density at radius 1 is 1.39 bits per heavy atom. The van der Waals surface area contributed by atoms with Crippen LogP contribution in [0.5, 0.6) is 0 Å². The Balaban J connectivity index is 1.44. The Morgan fingerprint density at radius 3 is 2.96 bits per heavy atom. The van der Waals surface area contributed by atoms with Gasteiger partial charge in [-0.3, -0.25) is 4.79 Å². The van der Waals surface area contributed by atoms with Crippen LogP contribution in [-0.4, -0.2) is 15.9 Å². The number of amides is 1. The Kier molecular flexibility index (Phi) is 3.45. The van der Waals surface area contributed by atoms with Crippen LogP contribution in [0.1, 0.15) is 41.6 Å². The minimum atomic E-state index is -0.111. The molecule has 2 aromatic heterocycles. The lowest BCUT2D eigenvalue weighted by Crippen LogP contribution is -2.29. The number of fused-ring (bicyclic) bond motifs is 1. The predicted molar refractivity (Wildman–Crippen MR) is 92.6 cm³/mol. The van der Waals surface area contributed by atoms with Crippen LogP contribution in [0.15, 0.2) is 35.7 Å². The third-order valence-electron chi connectivity index (χ3n) is 4.54. The second-order valence-corrected chi connectivity index (χ2v) is 7.23. The summed E-state index contributed by atoms with van der Waals surface area (Å²) in [6.07, 6.45) is 0.958. The SMILES string of the molecule is Cc1ccsc1C1CC1C(=O)N[C@@H](C)c1nc2ccccc2[nH]1. The molecule has 1 aliphatic carbocycles. The maximum atomic E-state index is 12.5. The number of aryl methyl sites for hydroxylation is 1. The van der Waals surface area contributed by atoms with E-state index in [1.54, 1.807) is 11.3 Å². The first-order valence-electron chi connectivity index (χ1n) is 7.92. The molecule has 1 fully saturated rings. The zero-order valence-corrected chi connectivity index (χ0v) is 14.0. The minimum Gasteiger partial charge on any atom is -0.346 e. The average Bonchev–Trinajstić information content (AvgIpc) is 3.01. The van der Waals surface area contributed by atoms with E-state index < -0.39 is 0 Å². The molecule has 2 N–H and O–H groups in total. The number of carbonyl (C=O) groups excluding carboxylic acids is 1. The highest BCUT2D eigenvalue weighted by Crippen LogP contribution is 2.50. The molecular weight excluding hydrogens is 306 g/mol. The lowest BCUT2D eigenvalue weighted by Gasteiger charge is -2.11. The van der Waals surface area contributed by atoms with Gasteiger partial charge in [0.05, 0.1) is 17.1 Å². The van der Waals surface area contributed by atoms with Crippen LogP contribution in [0, 0.1) is 12.8 Å². The number of nitrogens with one attached hydrogen (secondary N) is 2. The van der Waals surface area contributed by atoms with Gasteiger partial charge in [0.2, 0.25) is 5.91 Å². The van der Waals surface area contributed by atoms with Gasteiger partial charge in [0.25, 0.3) is 0 Å². The first-order valence-corrected chi connectivity index (χ1v) is 8.80. The first kappa shape index (κ1) is 14.5. The molecule has 0 aliphatic heterocycles. The summed E-state index contributed by atoms with van der Waals surface area (Å²) in [5, 5.41) is 5.21. The number of carbonyl (C=O) groups is 1. The van der Waals surface area contributed by atoms with Crippen molar-refractivity contribution in [2.45, 2.75) is 32.2 Å². The summed E-state index contributed by atoms with van der Waals surface area (Å²) in [6, 6.07) is 9.93. The van der Waals surface area contributed by atoms with Gasteiger partial charge in [0.1, 0.15) is 5.82 Å². The molecule has 2 heterocycles. The van der Waals surface area contributed by atoms with Crippen molar-refractivity contribution >= 4 is 28.3 Å². The van der Waals surface area contributed by atoms with Crippen LogP contribution in [0.4, 0.5) is 0 Å². The van der Waals surface area contributed by atoms with E-state index in [0.29, 0.717) is 5.92 Å². The quantitative estimate of drug-likeness (QED) is 0.764. The molecule has 4 rings (SSSR count). The minimum absolute atomic E-state index is 0.110. The third kappa shape index (κ3) is 2.65. The van der Waals surface area contributed by atoms with Crippen LogP contribution in [0.25, 0.3) is 11.0 Å². The molecule has 3 aromatic rings. The van der Waals surface area contributed by atoms with Crippen molar-refractivity contribution in [2.24, 2.45) is 5.92 Å². The number of rotatable bonds is 4.